The van der Waals surface area contributed by atoms with Crippen molar-refractivity contribution in [1.29, 1.82) is 0 Å². The van der Waals surface area contributed by atoms with Crippen LogP contribution in [0.1, 0.15) is 42.2 Å². The summed E-state index contributed by atoms with van der Waals surface area (Å²) in [6.45, 7) is -0.501. The van der Waals surface area contributed by atoms with Crippen LogP contribution in [0.4, 0.5) is 5.69 Å². The fraction of sp³-hybridized carbons (Fsp3) is 0.111. The third-order valence-electron chi connectivity index (χ3n) is 4.11. The molecular weight excluding hydrogens is 356 g/mol. The van der Waals surface area contributed by atoms with E-state index in [9.17, 15) is 29.3 Å². The van der Waals surface area contributed by atoms with Crippen LogP contribution in [-0.4, -0.2) is 42.0 Å². The fourth-order valence-electron chi connectivity index (χ4n) is 2.86. The maximum absolute atomic E-state index is 12.8. The van der Waals surface area contributed by atoms with Crippen molar-refractivity contribution < 1.29 is 28.8 Å². The maximum atomic E-state index is 12.8. The molecule has 0 saturated carbocycles. The number of benzene rings is 2. The van der Waals surface area contributed by atoms with Crippen LogP contribution >= 0.6 is 0 Å². The molecule has 2 aromatic carbocycles. The summed E-state index contributed by atoms with van der Waals surface area (Å²) in [7, 11) is 1.12. The van der Waals surface area contributed by atoms with Gasteiger partial charge < -0.3 is 10.1 Å². The number of carbonyl (C=O) groups is 4. The fourth-order valence-corrected chi connectivity index (χ4v) is 2.86. The molecule has 0 unspecified atom stereocenters. The van der Waals surface area contributed by atoms with Crippen LogP contribution in [0.2, 0.25) is 0 Å². The number of nitro groups is 1. The molecule has 9 nitrogen and oxygen atoms in total. The van der Waals surface area contributed by atoms with Crippen molar-refractivity contribution in [3.63, 3.8) is 0 Å². The quantitative estimate of drug-likeness (QED) is 0.416. The topological polar surface area (TPSA) is 133 Å². The van der Waals surface area contributed by atoms with Gasteiger partial charge in [-0.25, -0.2) is 0 Å². The van der Waals surface area contributed by atoms with E-state index in [1.54, 1.807) is 6.07 Å². The molecule has 9 heteroatoms. The standard InChI is InChI=1S/C18H12N2O7/c1-27-13(21)8-19-18(24)12-7-6-11-14(15(12)20(25)26)17(23)10-5-3-2-4-9(10)16(11)22/h2-7H,8H2,1H3,(H,19,24). The summed E-state index contributed by atoms with van der Waals surface area (Å²) in [6.07, 6.45) is 0. The SMILES string of the molecule is COC(=O)CNC(=O)c1ccc2c(c1[N+](=O)[O-])C(=O)c1ccccc1C2=O. The number of hydrogen-bond acceptors (Lipinski definition) is 7. The Morgan fingerprint density at radius 3 is 2.26 bits per heavy atom. The van der Waals surface area contributed by atoms with Gasteiger partial charge in [0.15, 0.2) is 5.78 Å². The van der Waals surface area contributed by atoms with Gasteiger partial charge in [-0.15, -0.1) is 0 Å². The summed E-state index contributed by atoms with van der Waals surface area (Å²) in [6, 6.07) is 8.26. The van der Waals surface area contributed by atoms with Crippen LogP contribution in [0.25, 0.3) is 0 Å². The molecule has 0 heterocycles. The zero-order valence-corrected chi connectivity index (χ0v) is 14.0. The third kappa shape index (κ3) is 2.95. The molecular formula is C18H12N2O7. The minimum Gasteiger partial charge on any atom is -0.468 e. The molecule has 0 aliphatic heterocycles. The summed E-state index contributed by atoms with van der Waals surface area (Å²) < 4.78 is 4.39. The number of ether oxygens (including phenoxy) is 1. The summed E-state index contributed by atoms with van der Waals surface area (Å²) >= 11 is 0. The minimum atomic E-state index is -0.936. The van der Waals surface area contributed by atoms with E-state index in [4.69, 9.17) is 0 Å². The van der Waals surface area contributed by atoms with Gasteiger partial charge >= 0.3 is 5.97 Å². The van der Waals surface area contributed by atoms with Crippen molar-refractivity contribution in [2.45, 2.75) is 0 Å². The third-order valence-corrected chi connectivity index (χ3v) is 4.11. The zero-order valence-electron chi connectivity index (χ0n) is 14.0. The molecule has 0 atom stereocenters. The number of carbonyl (C=O) groups excluding carboxylic acids is 4. The van der Waals surface area contributed by atoms with Crippen molar-refractivity contribution in [2.75, 3.05) is 13.7 Å². The summed E-state index contributed by atoms with van der Waals surface area (Å²) in [5, 5.41) is 13.8. The van der Waals surface area contributed by atoms with Crippen LogP contribution in [-0.2, 0) is 9.53 Å². The van der Waals surface area contributed by atoms with Gasteiger partial charge in [0.2, 0.25) is 5.78 Å². The van der Waals surface area contributed by atoms with Gasteiger partial charge in [-0.05, 0) is 12.1 Å². The average Bonchev–Trinajstić information content (AvgIpc) is 2.68. The molecule has 1 aliphatic carbocycles. The predicted octanol–water partition coefficient (Wildman–Crippen LogP) is 1.27. The highest BCUT2D eigenvalue weighted by Gasteiger charge is 2.38. The molecule has 0 spiro atoms. The minimum absolute atomic E-state index is 0.0326. The second kappa shape index (κ2) is 6.79. The number of hydrogen-bond donors (Lipinski definition) is 1. The van der Waals surface area contributed by atoms with Gasteiger partial charge in [-0.1, -0.05) is 24.3 Å². The Morgan fingerprint density at radius 2 is 1.67 bits per heavy atom. The van der Waals surface area contributed by atoms with Gasteiger partial charge in [0.1, 0.15) is 17.7 Å². The van der Waals surface area contributed by atoms with Gasteiger partial charge in [0, 0.05) is 16.7 Å². The zero-order chi connectivity index (χ0) is 19.7. The lowest BCUT2D eigenvalue weighted by molar-refractivity contribution is -0.385. The predicted molar refractivity (Wildman–Crippen MR) is 90.8 cm³/mol. The molecule has 1 N–H and O–H groups in total. The van der Waals surface area contributed by atoms with Gasteiger partial charge in [-0.2, -0.15) is 0 Å². The molecule has 0 bridgehead atoms. The van der Waals surface area contributed by atoms with E-state index in [1.165, 1.54) is 24.3 Å². The molecule has 1 amide bonds. The largest absolute Gasteiger partial charge is 0.468 e. The van der Waals surface area contributed by atoms with Crippen LogP contribution in [0, 0.1) is 10.1 Å². The molecule has 0 fully saturated rings. The molecule has 0 saturated heterocycles. The van der Waals surface area contributed by atoms with E-state index >= 15 is 0 Å². The second-order valence-electron chi connectivity index (χ2n) is 5.60. The van der Waals surface area contributed by atoms with Gasteiger partial charge in [0.05, 0.1) is 12.0 Å². The van der Waals surface area contributed by atoms with E-state index in [0.717, 1.165) is 13.2 Å². The molecule has 0 radical (unpaired) electrons. The van der Waals surface area contributed by atoms with Crippen molar-refractivity contribution in [2.24, 2.45) is 0 Å². The van der Waals surface area contributed by atoms with Crippen LogP contribution < -0.4 is 5.32 Å². The normalized spacial score (nSPS) is 12.0. The number of nitro benzene ring substituents is 1. The second-order valence-corrected chi connectivity index (χ2v) is 5.60. The Hall–Kier alpha value is -3.88. The van der Waals surface area contributed by atoms with Crippen molar-refractivity contribution in [1.82, 2.24) is 5.32 Å². The highest BCUT2D eigenvalue weighted by atomic mass is 16.6. The molecule has 2 aromatic rings. The lowest BCUT2D eigenvalue weighted by Gasteiger charge is -2.18. The molecule has 0 aromatic heterocycles. The smallest absolute Gasteiger partial charge is 0.325 e. The van der Waals surface area contributed by atoms with Crippen LogP contribution in [0.3, 0.4) is 0 Å². The first-order chi connectivity index (χ1) is 12.9. The van der Waals surface area contributed by atoms with E-state index in [0.29, 0.717) is 0 Å². The van der Waals surface area contributed by atoms with Crippen LogP contribution in [0.15, 0.2) is 36.4 Å². The Balaban J connectivity index is 2.14. The number of nitrogens with zero attached hydrogens (tertiary/aromatic N) is 1. The summed E-state index contributed by atoms with van der Waals surface area (Å²) in [5.41, 5.74) is -1.60. The number of methoxy groups -OCH3 is 1. The molecule has 136 valence electrons. The van der Waals surface area contributed by atoms with E-state index in [2.05, 4.69) is 10.1 Å². The number of nitrogens with one attached hydrogen (secondary N) is 1. The lowest BCUT2D eigenvalue weighted by Crippen LogP contribution is -2.31. The Labute approximate surface area is 152 Å². The summed E-state index contributed by atoms with van der Waals surface area (Å²) in [4.78, 5) is 59.6. The first-order valence-electron chi connectivity index (χ1n) is 7.71. The first kappa shape index (κ1) is 17.9. The average molecular weight is 368 g/mol. The lowest BCUT2D eigenvalue weighted by atomic mass is 9.82. The monoisotopic (exact) mass is 368 g/mol. The molecule has 27 heavy (non-hydrogen) atoms. The van der Waals surface area contributed by atoms with E-state index in [-0.39, 0.29) is 16.7 Å². The Bertz CT molecular complexity index is 1030. The summed E-state index contributed by atoms with van der Waals surface area (Å²) in [5.74, 6) is -2.93. The van der Waals surface area contributed by atoms with Crippen molar-refractivity contribution >= 4 is 29.1 Å². The Morgan fingerprint density at radius 1 is 1.04 bits per heavy atom. The van der Waals surface area contributed by atoms with Crippen molar-refractivity contribution in [3.05, 3.63) is 74.3 Å². The van der Waals surface area contributed by atoms with Gasteiger partial charge in [0.25, 0.3) is 11.6 Å². The first-order valence-corrected chi connectivity index (χ1v) is 7.71. The maximum Gasteiger partial charge on any atom is 0.325 e. The van der Waals surface area contributed by atoms with E-state index in [1.807, 2.05) is 0 Å². The Kier molecular flexibility index (Phi) is 4.51. The number of ketones is 2. The molecule has 3 rings (SSSR count). The van der Waals surface area contributed by atoms with Crippen molar-refractivity contribution in [3.8, 4) is 0 Å². The van der Waals surface area contributed by atoms with Gasteiger partial charge in [-0.3, -0.25) is 29.3 Å². The number of fused-ring (bicyclic) bond motifs is 2. The van der Waals surface area contributed by atoms with E-state index < -0.39 is 51.7 Å². The molecule has 1 aliphatic rings. The highest BCUT2D eigenvalue weighted by molar-refractivity contribution is 6.30. The number of rotatable bonds is 4. The highest BCUT2D eigenvalue weighted by Crippen LogP contribution is 2.35. The number of esters is 1. The van der Waals surface area contributed by atoms with Crippen LogP contribution in [0.5, 0.6) is 0 Å². The number of amides is 1.